The van der Waals surface area contributed by atoms with Crippen LogP contribution in [0, 0.1) is 0 Å². The van der Waals surface area contributed by atoms with Crippen LogP contribution in [0.1, 0.15) is 12.7 Å². The molecular formula is C20H22N4O3S. The van der Waals surface area contributed by atoms with E-state index in [1.165, 1.54) is 14.0 Å². The van der Waals surface area contributed by atoms with Gasteiger partial charge in [0.1, 0.15) is 18.1 Å². The molecule has 1 heterocycles. The van der Waals surface area contributed by atoms with Crippen LogP contribution in [0.25, 0.3) is 11.0 Å². The summed E-state index contributed by atoms with van der Waals surface area (Å²) < 4.78 is 7.25. The van der Waals surface area contributed by atoms with Gasteiger partial charge in [0.25, 0.3) is 0 Å². The molecule has 0 aliphatic carbocycles. The molecule has 146 valence electrons. The van der Waals surface area contributed by atoms with Crippen molar-refractivity contribution < 1.29 is 14.3 Å². The summed E-state index contributed by atoms with van der Waals surface area (Å²) in [6.07, 6.45) is 2.00. The second kappa shape index (κ2) is 8.79. The van der Waals surface area contributed by atoms with E-state index >= 15 is 0 Å². The number of nitrogens with one attached hydrogen (secondary N) is 2. The Morgan fingerprint density at radius 3 is 2.68 bits per heavy atom. The number of hydrogen-bond donors (Lipinski definition) is 2. The van der Waals surface area contributed by atoms with E-state index in [4.69, 9.17) is 4.74 Å². The van der Waals surface area contributed by atoms with E-state index in [0.717, 1.165) is 16.9 Å². The predicted molar refractivity (Wildman–Crippen MR) is 113 cm³/mol. The molecule has 0 atom stereocenters. The molecule has 0 saturated carbocycles. The molecule has 0 fully saturated rings. The zero-order chi connectivity index (χ0) is 20.1. The van der Waals surface area contributed by atoms with E-state index in [2.05, 4.69) is 15.6 Å². The minimum atomic E-state index is -0.205. The largest absolute Gasteiger partial charge is 0.495 e. The van der Waals surface area contributed by atoms with Gasteiger partial charge < -0.3 is 19.9 Å². The lowest BCUT2D eigenvalue weighted by atomic mass is 10.2. The number of aromatic nitrogens is 2. The van der Waals surface area contributed by atoms with Gasteiger partial charge in [0.05, 0.1) is 29.6 Å². The van der Waals surface area contributed by atoms with Crippen LogP contribution in [0.15, 0.2) is 42.5 Å². The number of para-hydroxylation sites is 2. The van der Waals surface area contributed by atoms with Gasteiger partial charge in [0.2, 0.25) is 11.8 Å². The third-order valence-electron chi connectivity index (χ3n) is 4.10. The highest BCUT2D eigenvalue weighted by Gasteiger charge is 2.15. The maximum absolute atomic E-state index is 12.8. The standard InChI is InChI=1S/C20H22N4O3S/c1-13(25)21-14-8-9-18(27-2)16(10-14)23-20(26)11-24-17-7-5-4-6-15(17)22-19(24)12-28-3/h4-10H,11-12H2,1-3H3,(H,21,25)(H,23,26). The Balaban J connectivity index is 1.85. The second-order valence-electron chi connectivity index (χ2n) is 6.18. The van der Waals surface area contributed by atoms with E-state index < -0.39 is 0 Å². The van der Waals surface area contributed by atoms with E-state index in [-0.39, 0.29) is 18.4 Å². The SMILES string of the molecule is COc1ccc(NC(C)=O)cc1NC(=O)Cn1c(CSC)nc2ccccc21. The first-order valence-corrected chi connectivity index (χ1v) is 10.1. The zero-order valence-electron chi connectivity index (χ0n) is 16.0. The first-order chi connectivity index (χ1) is 13.5. The van der Waals surface area contributed by atoms with E-state index in [1.54, 1.807) is 30.0 Å². The quantitative estimate of drug-likeness (QED) is 0.636. The maximum Gasteiger partial charge on any atom is 0.244 e. The molecular weight excluding hydrogens is 376 g/mol. The van der Waals surface area contributed by atoms with Gasteiger partial charge in [-0.3, -0.25) is 9.59 Å². The van der Waals surface area contributed by atoms with Crippen molar-refractivity contribution in [3.63, 3.8) is 0 Å². The van der Waals surface area contributed by atoms with Crippen molar-refractivity contribution in [1.29, 1.82) is 0 Å². The number of carbonyl (C=O) groups is 2. The molecule has 28 heavy (non-hydrogen) atoms. The predicted octanol–water partition coefficient (Wildman–Crippen LogP) is 3.51. The van der Waals surface area contributed by atoms with Crippen LogP contribution >= 0.6 is 11.8 Å². The van der Waals surface area contributed by atoms with Gasteiger partial charge in [-0.05, 0) is 36.6 Å². The number of hydrogen-bond acceptors (Lipinski definition) is 5. The van der Waals surface area contributed by atoms with Gasteiger partial charge in [0.15, 0.2) is 0 Å². The highest BCUT2D eigenvalue weighted by atomic mass is 32.2. The molecule has 0 unspecified atom stereocenters. The van der Waals surface area contributed by atoms with Crippen LogP contribution in [-0.2, 0) is 21.9 Å². The van der Waals surface area contributed by atoms with Gasteiger partial charge in [-0.25, -0.2) is 4.98 Å². The molecule has 0 saturated heterocycles. The number of benzene rings is 2. The zero-order valence-corrected chi connectivity index (χ0v) is 16.8. The molecule has 3 aromatic rings. The van der Waals surface area contributed by atoms with Gasteiger partial charge in [-0.1, -0.05) is 12.1 Å². The van der Waals surface area contributed by atoms with Crippen LogP contribution < -0.4 is 15.4 Å². The molecule has 1 aromatic heterocycles. The number of nitrogens with zero attached hydrogens (tertiary/aromatic N) is 2. The van der Waals surface area contributed by atoms with Crippen molar-refractivity contribution in [1.82, 2.24) is 9.55 Å². The van der Waals surface area contributed by atoms with Crippen molar-refractivity contribution in [2.24, 2.45) is 0 Å². The topological polar surface area (TPSA) is 85.3 Å². The molecule has 7 nitrogen and oxygen atoms in total. The summed E-state index contributed by atoms with van der Waals surface area (Å²) in [6.45, 7) is 1.56. The third kappa shape index (κ3) is 4.45. The van der Waals surface area contributed by atoms with Gasteiger partial charge in [-0.15, -0.1) is 0 Å². The number of thioether (sulfide) groups is 1. The Kier molecular flexibility index (Phi) is 6.20. The number of fused-ring (bicyclic) bond motifs is 1. The van der Waals surface area contributed by atoms with E-state index in [9.17, 15) is 9.59 Å². The summed E-state index contributed by atoms with van der Waals surface area (Å²) in [5, 5.41) is 5.58. The smallest absolute Gasteiger partial charge is 0.244 e. The fraction of sp³-hybridized carbons (Fsp3) is 0.250. The number of carbonyl (C=O) groups excluding carboxylic acids is 2. The highest BCUT2D eigenvalue weighted by Crippen LogP contribution is 2.28. The van der Waals surface area contributed by atoms with Crippen LogP contribution in [0.5, 0.6) is 5.75 Å². The first kappa shape index (κ1) is 19.8. The summed E-state index contributed by atoms with van der Waals surface area (Å²) in [4.78, 5) is 28.7. The normalized spacial score (nSPS) is 10.7. The Morgan fingerprint density at radius 2 is 1.96 bits per heavy atom. The van der Waals surface area contributed by atoms with Crippen LogP contribution in [0.4, 0.5) is 11.4 Å². The highest BCUT2D eigenvalue weighted by molar-refractivity contribution is 7.97. The molecule has 8 heteroatoms. The summed E-state index contributed by atoms with van der Waals surface area (Å²) >= 11 is 1.65. The Hall–Kier alpha value is -3.00. The summed E-state index contributed by atoms with van der Waals surface area (Å²) in [5.74, 6) is 1.69. The number of ether oxygens (including phenoxy) is 1. The minimum absolute atomic E-state index is 0.129. The van der Waals surface area contributed by atoms with Gasteiger partial charge >= 0.3 is 0 Å². The van der Waals surface area contributed by atoms with Crippen molar-refractivity contribution in [3.05, 3.63) is 48.3 Å². The van der Waals surface area contributed by atoms with Crippen molar-refractivity contribution in [2.75, 3.05) is 24.0 Å². The van der Waals surface area contributed by atoms with Crippen molar-refractivity contribution in [2.45, 2.75) is 19.2 Å². The molecule has 2 aromatic carbocycles. The molecule has 0 aliphatic rings. The van der Waals surface area contributed by atoms with Crippen LogP contribution in [0.2, 0.25) is 0 Å². The second-order valence-corrected chi connectivity index (χ2v) is 7.05. The molecule has 0 spiro atoms. The van der Waals surface area contributed by atoms with Crippen molar-refractivity contribution >= 4 is 46.0 Å². The molecule has 2 amide bonds. The summed E-state index contributed by atoms with van der Waals surface area (Å²) in [6, 6.07) is 12.8. The molecule has 0 bridgehead atoms. The Bertz CT molecular complexity index is 1020. The molecule has 0 aliphatic heterocycles. The molecule has 2 N–H and O–H groups in total. The van der Waals surface area contributed by atoms with E-state index in [1.807, 2.05) is 35.1 Å². The lowest BCUT2D eigenvalue weighted by Gasteiger charge is -2.14. The molecule has 3 rings (SSSR count). The maximum atomic E-state index is 12.8. The lowest BCUT2D eigenvalue weighted by molar-refractivity contribution is -0.116. The van der Waals surface area contributed by atoms with Gasteiger partial charge in [-0.2, -0.15) is 11.8 Å². The fourth-order valence-corrected chi connectivity index (χ4v) is 3.44. The van der Waals surface area contributed by atoms with Crippen molar-refractivity contribution in [3.8, 4) is 5.75 Å². The number of imidazole rings is 1. The number of rotatable bonds is 7. The monoisotopic (exact) mass is 398 g/mol. The number of methoxy groups -OCH3 is 1. The minimum Gasteiger partial charge on any atom is -0.495 e. The summed E-state index contributed by atoms with van der Waals surface area (Å²) in [5.41, 5.74) is 2.86. The fourth-order valence-electron chi connectivity index (χ4n) is 2.96. The van der Waals surface area contributed by atoms with Gasteiger partial charge in [0, 0.05) is 12.6 Å². The average molecular weight is 398 g/mol. The van der Waals surface area contributed by atoms with E-state index in [0.29, 0.717) is 22.9 Å². The Morgan fingerprint density at radius 1 is 1.18 bits per heavy atom. The van der Waals surface area contributed by atoms with Crippen LogP contribution in [-0.4, -0.2) is 34.7 Å². The molecule has 0 radical (unpaired) electrons. The number of amides is 2. The third-order valence-corrected chi connectivity index (χ3v) is 4.65. The lowest BCUT2D eigenvalue weighted by Crippen LogP contribution is -2.20. The average Bonchev–Trinajstić information content (AvgIpc) is 2.99. The summed E-state index contributed by atoms with van der Waals surface area (Å²) in [7, 11) is 1.53. The number of anilines is 2. The Labute approximate surface area is 167 Å². The van der Waals surface area contributed by atoms with Crippen LogP contribution in [0.3, 0.4) is 0 Å². The first-order valence-electron chi connectivity index (χ1n) is 8.70.